The Labute approximate surface area is 145 Å². The molecule has 0 radical (unpaired) electrons. The minimum atomic E-state index is -0.691. The largest absolute Gasteiger partial charge is 0.422 e. The highest BCUT2D eigenvalue weighted by atomic mass is 35.5. The Hall–Kier alpha value is -0.390. The van der Waals surface area contributed by atoms with Gasteiger partial charge >= 0.3 is 5.97 Å². The standard InChI is InChI=1S/C12H8Cl5NO3/c13-7-8(14)10(16)12(11(17)9(7)15)21-6(20)4-18-3-1-2-5(18)19/h1-4H2. The fraction of sp³-hybridized carbons (Fsp3) is 0.333. The summed E-state index contributed by atoms with van der Waals surface area (Å²) >= 11 is 29.5. The van der Waals surface area contributed by atoms with E-state index in [1.165, 1.54) is 4.90 Å². The van der Waals surface area contributed by atoms with Crippen molar-refractivity contribution in [2.75, 3.05) is 13.1 Å². The van der Waals surface area contributed by atoms with Crippen LogP contribution in [0.4, 0.5) is 0 Å². The molecular formula is C12H8Cl5NO3. The minimum absolute atomic E-state index is 0.0251. The zero-order chi connectivity index (χ0) is 15.7. The van der Waals surface area contributed by atoms with Crippen LogP contribution in [0.1, 0.15) is 12.8 Å². The quantitative estimate of drug-likeness (QED) is 0.330. The van der Waals surface area contributed by atoms with Crippen LogP contribution in [0.3, 0.4) is 0 Å². The number of amides is 1. The molecule has 1 saturated heterocycles. The second-order valence-electron chi connectivity index (χ2n) is 4.29. The third-order valence-corrected chi connectivity index (χ3v) is 5.12. The Morgan fingerprint density at radius 3 is 2.00 bits per heavy atom. The predicted octanol–water partition coefficient (Wildman–Crippen LogP) is 4.48. The number of carbonyl (C=O) groups excluding carboxylic acids is 2. The van der Waals surface area contributed by atoms with E-state index < -0.39 is 5.97 Å². The molecule has 21 heavy (non-hydrogen) atoms. The van der Waals surface area contributed by atoms with Crippen LogP contribution in [0.15, 0.2) is 0 Å². The summed E-state index contributed by atoms with van der Waals surface area (Å²) in [5, 5.41) is -0.377. The van der Waals surface area contributed by atoms with Gasteiger partial charge in [-0.3, -0.25) is 4.79 Å². The highest BCUT2D eigenvalue weighted by molar-refractivity contribution is 6.55. The van der Waals surface area contributed by atoms with Crippen molar-refractivity contribution < 1.29 is 14.3 Å². The summed E-state index contributed by atoms with van der Waals surface area (Å²) in [6, 6.07) is 0. The van der Waals surface area contributed by atoms with Crippen LogP contribution in [0, 0.1) is 0 Å². The lowest BCUT2D eigenvalue weighted by Gasteiger charge is -2.16. The van der Waals surface area contributed by atoms with E-state index in [1.807, 2.05) is 0 Å². The number of halogens is 5. The fourth-order valence-electron chi connectivity index (χ4n) is 1.85. The first-order chi connectivity index (χ1) is 9.82. The minimum Gasteiger partial charge on any atom is -0.422 e. The number of rotatable bonds is 3. The molecule has 0 atom stereocenters. The molecule has 0 N–H and O–H groups in total. The lowest BCUT2D eigenvalue weighted by Crippen LogP contribution is -2.33. The van der Waals surface area contributed by atoms with Gasteiger partial charge in [-0.1, -0.05) is 58.0 Å². The summed E-state index contributed by atoms with van der Waals surface area (Å²) in [5.74, 6) is -0.964. The van der Waals surface area contributed by atoms with E-state index in [2.05, 4.69) is 0 Å². The molecule has 0 bridgehead atoms. The number of esters is 1. The Balaban J connectivity index is 2.20. The SMILES string of the molecule is O=C(CN1CCCC1=O)Oc1c(Cl)c(Cl)c(Cl)c(Cl)c1Cl. The number of carbonyl (C=O) groups is 2. The van der Waals surface area contributed by atoms with Gasteiger partial charge in [0.05, 0.1) is 15.1 Å². The Kier molecular flexibility index (Phi) is 5.49. The van der Waals surface area contributed by atoms with Crippen molar-refractivity contribution in [2.24, 2.45) is 0 Å². The summed E-state index contributed by atoms with van der Waals surface area (Å²) in [6.45, 7) is 0.320. The summed E-state index contributed by atoms with van der Waals surface area (Å²) in [7, 11) is 0. The molecule has 0 unspecified atom stereocenters. The molecule has 1 aliphatic rings. The number of nitrogens with zero attached hydrogens (tertiary/aromatic N) is 1. The number of likely N-dealkylation sites (tertiary alicyclic amines) is 1. The highest BCUT2D eigenvalue weighted by Crippen LogP contribution is 2.48. The molecular weight excluding hydrogens is 383 g/mol. The Morgan fingerprint density at radius 2 is 1.52 bits per heavy atom. The Morgan fingerprint density at radius 1 is 1.00 bits per heavy atom. The van der Waals surface area contributed by atoms with Crippen LogP contribution in [-0.4, -0.2) is 29.9 Å². The number of benzene rings is 1. The van der Waals surface area contributed by atoms with Gasteiger partial charge in [-0.2, -0.15) is 0 Å². The topological polar surface area (TPSA) is 46.6 Å². The number of hydrogen-bond acceptors (Lipinski definition) is 3. The van der Waals surface area contributed by atoms with Gasteiger partial charge < -0.3 is 9.64 Å². The van der Waals surface area contributed by atoms with Gasteiger partial charge in [0.1, 0.15) is 16.6 Å². The molecule has 0 spiro atoms. The molecule has 0 saturated carbocycles. The molecule has 1 amide bonds. The smallest absolute Gasteiger partial charge is 0.331 e. The lowest BCUT2D eigenvalue weighted by molar-refractivity contribution is -0.140. The number of hydrogen-bond donors (Lipinski definition) is 0. The van der Waals surface area contributed by atoms with Crippen molar-refractivity contribution in [3.8, 4) is 5.75 Å². The fourth-order valence-corrected chi connectivity index (χ4v) is 3.05. The molecule has 9 heteroatoms. The van der Waals surface area contributed by atoms with Crippen LogP contribution in [0.5, 0.6) is 5.75 Å². The number of ether oxygens (including phenoxy) is 1. The second-order valence-corrected chi connectivity index (χ2v) is 6.18. The zero-order valence-corrected chi connectivity index (χ0v) is 14.2. The van der Waals surface area contributed by atoms with Crippen LogP contribution in [-0.2, 0) is 9.59 Å². The first-order valence-electron chi connectivity index (χ1n) is 5.82. The van der Waals surface area contributed by atoms with Crippen LogP contribution in [0.25, 0.3) is 0 Å². The summed E-state index contributed by atoms with van der Waals surface area (Å²) < 4.78 is 5.08. The molecule has 0 aliphatic carbocycles. The van der Waals surface area contributed by atoms with Crippen molar-refractivity contribution in [1.82, 2.24) is 4.90 Å². The summed E-state index contributed by atoms with van der Waals surface area (Å²) in [5.41, 5.74) is 0. The van der Waals surface area contributed by atoms with Crippen molar-refractivity contribution in [2.45, 2.75) is 12.8 Å². The molecule has 1 heterocycles. The van der Waals surface area contributed by atoms with Gasteiger partial charge in [-0.05, 0) is 6.42 Å². The van der Waals surface area contributed by atoms with Crippen molar-refractivity contribution in [3.63, 3.8) is 0 Å². The normalized spacial score (nSPS) is 14.7. The van der Waals surface area contributed by atoms with E-state index in [4.69, 9.17) is 62.7 Å². The van der Waals surface area contributed by atoms with E-state index in [0.29, 0.717) is 19.4 Å². The third-order valence-electron chi connectivity index (χ3n) is 2.88. The van der Waals surface area contributed by atoms with E-state index in [0.717, 1.165) is 0 Å². The van der Waals surface area contributed by atoms with Crippen LogP contribution < -0.4 is 4.74 Å². The average Bonchev–Trinajstić information content (AvgIpc) is 2.84. The van der Waals surface area contributed by atoms with E-state index >= 15 is 0 Å². The van der Waals surface area contributed by atoms with Gasteiger partial charge in [0.25, 0.3) is 0 Å². The van der Waals surface area contributed by atoms with Crippen molar-refractivity contribution in [1.29, 1.82) is 0 Å². The third kappa shape index (κ3) is 3.51. The maximum Gasteiger partial charge on any atom is 0.331 e. The molecule has 114 valence electrons. The van der Waals surface area contributed by atoms with Gasteiger partial charge in [-0.25, -0.2) is 4.79 Å². The highest BCUT2D eigenvalue weighted by Gasteiger charge is 2.26. The molecule has 1 aromatic carbocycles. The van der Waals surface area contributed by atoms with Crippen LogP contribution >= 0.6 is 58.0 Å². The van der Waals surface area contributed by atoms with E-state index in [-0.39, 0.29) is 43.3 Å². The molecule has 1 aliphatic heterocycles. The maximum absolute atomic E-state index is 11.9. The maximum atomic E-state index is 11.9. The molecule has 0 aromatic heterocycles. The van der Waals surface area contributed by atoms with Gasteiger partial charge in [0.2, 0.25) is 5.91 Å². The average molecular weight is 391 g/mol. The summed E-state index contributed by atoms with van der Waals surface area (Å²) in [6.07, 6.45) is 1.14. The molecule has 2 rings (SSSR count). The predicted molar refractivity (Wildman–Crippen MR) is 82.9 cm³/mol. The van der Waals surface area contributed by atoms with E-state index in [9.17, 15) is 9.59 Å². The van der Waals surface area contributed by atoms with Crippen LogP contribution in [0.2, 0.25) is 25.1 Å². The second kappa shape index (κ2) is 6.80. The first-order valence-corrected chi connectivity index (χ1v) is 7.71. The first kappa shape index (κ1) is 17.0. The van der Waals surface area contributed by atoms with Crippen molar-refractivity contribution >= 4 is 69.9 Å². The van der Waals surface area contributed by atoms with Gasteiger partial charge in [0.15, 0.2) is 5.75 Å². The Bertz CT molecular complexity index is 590. The monoisotopic (exact) mass is 389 g/mol. The van der Waals surface area contributed by atoms with E-state index in [1.54, 1.807) is 0 Å². The summed E-state index contributed by atoms with van der Waals surface area (Å²) in [4.78, 5) is 24.7. The molecule has 4 nitrogen and oxygen atoms in total. The lowest BCUT2D eigenvalue weighted by atomic mass is 10.3. The van der Waals surface area contributed by atoms with Gasteiger partial charge in [-0.15, -0.1) is 0 Å². The van der Waals surface area contributed by atoms with Crippen molar-refractivity contribution in [3.05, 3.63) is 25.1 Å². The molecule has 1 aromatic rings. The zero-order valence-electron chi connectivity index (χ0n) is 10.4. The van der Waals surface area contributed by atoms with Gasteiger partial charge in [0, 0.05) is 13.0 Å². The molecule has 1 fully saturated rings.